The molecule has 0 aliphatic carbocycles. The summed E-state index contributed by atoms with van der Waals surface area (Å²) in [6.45, 7) is 3.20. The fourth-order valence-corrected chi connectivity index (χ4v) is 1.97. The summed E-state index contributed by atoms with van der Waals surface area (Å²) in [5.74, 6) is -1.32. The molecule has 0 aromatic heterocycles. The van der Waals surface area contributed by atoms with Gasteiger partial charge in [0.2, 0.25) is 5.91 Å². The molecular weight excluding hydrogens is 236 g/mol. The summed E-state index contributed by atoms with van der Waals surface area (Å²) < 4.78 is 5.26. The summed E-state index contributed by atoms with van der Waals surface area (Å²) in [5, 5.41) is 14.6. The summed E-state index contributed by atoms with van der Waals surface area (Å²) >= 11 is 0. The van der Waals surface area contributed by atoms with Crippen molar-refractivity contribution in [1.29, 1.82) is 0 Å². The molecule has 3 unspecified atom stereocenters. The molecule has 1 rings (SSSR count). The highest BCUT2D eigenvalue weighted by Gasteiger charge is 2.32. The van der Waals surface area contributed by atoms with E-state index in [1.807, 2.05) is 7.05 Å². The van der Waals surface area contributed by atoms with Gasteiger partial charge < -0.3 is 20.5 Å². The van der Waals surface area contributed by atoms with E-state index >= 15 is 0 Å². The molecule has 1 saturated heterocycles. The third kappa shape index (κ3) is 4.27. The van der Waals surface area contributed by atoms with E-state index in [-0.39, 0.29) is 23.8 Å². The van der Waals surface area contributed by atoms with Crippen LogP contribution in [0.2, 0.25) is 0 Å². The molecule has 6 nitrogen and oxygen atoms in total. The van der Waals surface area contributed by atoms with E-state index < -0.39 is 5.97 Å². The molecule has 0 aromatic rings. The molecule has 1 aliphatic rings. The average molecular weight is 258 g/mol. The van der Waals surface area contributed by atoms with Gasteiger partial charge in [0, 0.05) is 12.6 Å². The second-order valence-electron chi connectivity index (χ2n) is 4.71. The highest BCUT2D eigenvalue weighted by atomic mass is 16.5. The third-order valence-corrected chi connectivity index (χ3v) is 3.32. The molecule has 0 radical (unpaired) electrons. The molecule has 1 amide bonds. The van der Waals surface area contributed by atoms with Crippen molar-refractivity contribution in [3.63, 3.8) is 0 Å². The number of carbonyl (C=O) groups excluding carboxylic acids is 1. The Morgan fingerprint density at radius 1 is 1.44 bits per heavy atom. The van der Waals surface area contributed by atoms with Crippen molar-refractivity contribution >= 4 is 11.9 Å². The van der Waals surface area contributed by atoms with Gasteiger partial charge in [-0.3, -0.25) is 9.59 Å². The van der Waals surface area contributed by atoms with E-state index in [4.69, 9.17) is 9.84 Å². The predicted octanol–water partition coefficient (Wildman–Crippen LogP) is -0.162. The number of aliphatic carboxylic acids is 1. The zero-order valence-electron chi connectivity index (χ0n) is 10.9. The number of carboxylic acids is 1. The number of nitrogens with one attached hydrogen (secondary N) is 2. The van der Waals surface area contributed by atoms with Crippen LogP contribution in [0.5, 0.6) is 0 Å². The van der Waals surface area contributed by atoms with Gasteiger partial charge >= 0.3 is 5.97 Å². The van der Waals surface area contributed by atoms with Crippen LogP contribution in [0.15, 0.2) is 0 Å². The Morgan fingerprint density at radius 2 is 2.17 bits per heavy atom. The zero-order chi connectivity index (χ0) is 13.5. The van der Waals surface area contributed by atoms with Crippen molar-refractivity contribution in [2.45, 2.75) is 25.8 Å². The quantitative estimate of drug-likeness (QED) is 0.552. The topological polar surface area (TPSA) is 87.7 Å². The second kappa shape index (κ2) is 7.33. The molecule has 1 heterocycles. The Labute approximate surface area is 107 Å². The van der Waals surface area contributed by atoms with Crippen molar-refractivity contribution in [3.05, 3.63) is 0 Å². The summed E-state index contributed by atoms with van der Waals surface area (Å²) in [6.07, 6.45) is 1.25. The Balaban J connectivity index is 2.19. The molecule has 1 aliphatic heterocycles. The van der Waals surface area contributed by atoms with Crippen LogP contribution in [-0.4, -0.2) is 49.8 Å². The van der Waals surface area contributed by atoms with Crippen LogP contribution >= 0.6 is 0 Å². The highest BCUT2D eigenvalue weighted by Crippen LogP contribution is 2.13. The first kappa shape index (κ1) is 14.9. The third-order valence-electron chi connectivity index (χ3n) is 3.32. The number of ether oxygens (including phenoxy) is 1. The van der Waals surface area contributed by atoms with Crippen LogP contribution in [0.25, 0.3) is 0 Å². The van der Waals surface area contributed by atoms with Crippen LogP contribution in [0.3, 0.4) is 0 Å². The molecule has 0 saturated carbocycles. The number of carboxylic acid groups (broad SMARTS) is 1. The number of hydrogen-bond donors (Lipinski definition) is 3. The summed E-state index contributed by atoms with van der Waals surface area (Å²) in [7, 11) is 1.81. The van der Waals surface area contributed by atoms with E-state index in [2.05, 4.69) is 10.6 Å². The maximum Gasteiger partial charge on any atom is 0.306 e. The van der Waals surface area contributed by atoms with Gasteiger partial charge in [0.1, 0.15) is 0 Å². The van der Waals surface area contributed by atoms with E-state index in [9.17, 15) is 9.59 Å². The van der Waals surface area contributed by atoms with Gasteiger partial charge in [-0.05, 0) is 19.9 Å². The number of rotatable bonds is 7. The number of amides is 1. The highest BCUT2D eigenvalue weighted by molar-refractivity contribution is 5.79. The second-order valence-corrected chi connectivity index (χ2v) is 4.71. The minimum Gasteiger partial charge on any atom is -0.481 e. The van der Waals surface area contributed by atoms with E-state index in [1.54, 1.807) is 6.92 Å². The van der Waals surface area contributed by atoms with Crippen molar-refractivity contribution in [3.8, 4) is 0 Å². The largest absolute Gasteiger partial charge is 0.481 e. The molecule has 3 atom stereocenters. The zero-order valence-corrected chi connectivity index (χ0v) is 10.9. The van der Waals surface area contributed by atoms with Crippen LogP contribution < -0.4 is 10.6 Å². The van der Waals surface area contributed by atoms with Gasteiger partial charge in [-0.15, -0.1) is 0 Å². The maximum absolute atomic E-state index is 11.8. The maximum atomic E-state index is 11.8. The Bertz CT molecular complexity index is 296. The monoisotopic (exact) mass is 258 g/mol. The van der Waals surface area contributed by atoms with E-state index in [1.165, 1.54) is 0 Å². The fraction of sp³-hybridized carbons (Fsp3) is 0.833. The van der Waals surface area contributed by atoms with Crippen LogP contribution in [0.1, 0.15) is 19.8 Å². The number of hydrogen-bond acceptors (Lipinski definition) is 4. The molecule has 0 spiro atoms. The SMILES string of the molecule is CNC1COCC1C(=O)NCCCC(C)C(=O)O. The lowest BCUT2D eigenvalue weighted by molar-refractivity contribution is -0.141. The molecule has 18 heavy (non-hydrogen) atoms. The first-order chi connectivity index (χ1) is 8.56. The molecule has 1 fully saturated rings. The lowest BCUT2D eigenvalue weighted by Crippen LogP contribution is -2.42. The molecule has 6 heteroatoms. The minimum atomic E-state index is -0.791. The molecular formula is C12H22N2O4. The van der Waals surface area contributed by atoms with Gasteiger partial charge in [-0.1, -0.05) is 6.92 Å². The average Bonchev–Trinajstić information content (AvgIpc) is 2.82. The molecule has 3 N–H and O–H groups in total. The standard InChI is InChI=1S/C12H22N2O4/c1-8(12(16)17)4-3-5-14-11(15)9-6-18-7-10(9)13-2/h8-10,13H,3-7H2,1-2H3,(H,14,15)(H,16,17). The smallest absolute Gasteiger partial charge is 0.306 e. The van der Waals surface area contributed by atoms with Gasteiger partial charge in [0.15, 0.2) is 0 Å². The first-order valence-corrected chi connectivity index (χ1v) is 6.31. The molecule has 0 aromatic carbocycles. The minimum absolute atomic E-state index is 0.0187. The van der Waals surface area contributed by atoms with Crippen LogP contribution in [-0.2, 0) is 14.3 Å². The lowest BCUT2D eigenvalue weighted by Gasteiger charge is -2.16. The Morgan fingerprint density at radius 3 is 2.78 bits per heavy atom. The Kier molecular flexibility index (Phi) is 6.07. The van der Waals surface area contributed by atoms with E-state index in [0.29, 0.717) is 32.6 Å². The predicted molar refractivity (Wildman–Crippen MR) is 66.2 cm³/mol. The van der Waals surface area contributed by atoms with Crippen molar-refractivity contribution in [2.24, 2.45) is 11.8 Å². The van der Waals surface area contributed by atoms with E-state index in [0.717, 1.165) is 0 Å². The first-order valence-electron chi connectivity index (χ1n) is 6.31. The molecule has 104 valence electrons. The normalized spacial score (nSPS) is 24.8. The van der Waals surface area contributed by atoms with Crippen molar-refractivity contribution < 1.29 is 19.4 Å². The summed E-state index contributed by atoms with van der Waals surface area (Å²) in [4.78, 5) is 22.5. The van der Waals surface area contributed by atoms with Crippen molar-refractivity contribution in [2.75, 3.05) is 26.8 Å². The molecule has 0 bridgehead atoms. The van der Waals surface area contributed by atoms with Crippen LogP contribution in [0.4, 0.5) is 0 Å². The van der Waals surface area contributed by atoms with Gasteiger partial charge in [0.25, 0.3) is 0 Å². The van der Waals surface area contributed by atoms with Gasteiger partial charge in [-0.2, -0.15) is 0 Å². The van der Waals surface area contributed by atoms with Crippen molar-refractivity contribution in [1.82, 2.24) is 10.6 Å². The summed E-state index contributed by atoms with van der Waals surface area (Å²) in [5.41, 5.74) is 0. The summed E-state index contributed by atoms with van der Waals surface area (Å²) in [6, 6.07) is 0.0722. The Hall–Kier alpha value is -1.14. The fourth-order valence-electron chi connectivity index (χ4n) is 1.97. The number of carbonyl (C=O) groups is 2. The lowest BCUT2D eigenvalue weighted by atomic mass is 10.0. The van der Waals surface area contributed by atoms with Crippen LogP contribution in [0, 0.1) is 11.8 Å². The number of likely N-dealkylation sites (N-methyl/N-ethyl adjacent to an activating group) is 1. The van der Waals surface area contributed by atoms with Gasteiger partial charge in [0.05, 0.1) is 25.0 Å². The van der Waals surface area contributed by atoms with Gasteiger partial charge in [-0.25, -0.2) is 0 Å².